The molecule has 4 nitrogen and oxygen atoms in total. The van der Waals surface area contributed by atoms with Gasteiger partial charge in [-0.25, -0.2) is 8.42 Å². The standard InChI is InChI=1S/C19H20F3NO3S/c1-2-26-16-10-8-14(9-11-16)18-7-4-12-23(18)27(24,25)17-6-3-5-15(13-17)19(20,21)22/h3,5-6,8-11,13,18H,2,4,7,12H2,1H3. The number of sulfonamides is 1. The van der Waals surface area contributed by atoms with Crippen LogP contribution in [0.5, 0.6) is 5.75 Å². The van der Waals surface area contributed by atoms with Crippen molar-refractivity contribution in [2.45, 2.75) is 36.9 Å². The lowest BCUT2D eigenvalue weighted by atomic mass is 10.1. The first-order chi connectivity index (χ1) is 12.7. The van der Waals surface area contributed by atoms with Gasteiger partial charge in [-0.15, -0.1) is 0 Å². The van der Waals surface area contributed by atoms with Crippen LogP contribution in [0.1, 0.15) is 36.9 Å². The molecule has 8 heteroatoms. The van der Waals surface area contributed by atoms with E-state index in [4.69, 9.17) is 4.74 Å². The van der Waals surface area contributed by atoms with Crippen molar-refractivity contribution in [3.8, 4) is 5.75 Å². The third kappa shape index (κ3) is 4.11. The number of ether oxygens (including phenoxy) is 1. The zero-order valence-corrected chi connectivity index (χ0v) is 15.6. The molecular weight excluding hydrogens is 379 g/mol. The van der Waals surface area contributed by atoms with E-state index in [-0.39, 0.29) is 11.4 Å². The minimum atomic E-state index is -4.59. The van der Waals surface area contributed by atoms with E-state index in [1.165, 1.54) is 10.4 Å². The van der Waals surface area contributed by atoms with Crippen LogP contribution >= 0.6 is 0 Å². The van der Waals surface area contributed by atoms with Crippen molar-refractivity contribution in [2.24, 2.45) is 0 Å². The largest absolute Gasteiger partial charge is 0.494 e. The Labute approximate surface area is 156 Å². The minimum absolute atomic E-state index is 0.274. The fourth-order valence-corrected chi connectivity index (χ4v) is 5.01. The second-order valence-corrected chi connectivity index (χ2v) is 8.19. The maximum atomic E-state index is 13.0. The summed E-state index contributed by atoms with van der Waals surface area (Å²) in [6.07, 6.45) is -3.33. The monoisotopic (exact) mass is 399 g/mol. The van der Waals surface area contributed by atoms with Crippen LogP contribution in [0.3, 0.4) is 0 Å². The van der Waals surface area contributed by atoms with Gasteiger partial charge in [0.2, 0.25) is 10.0 Å². The van der Waals surface area contributed by atoms with E-state index in [2.05, 4.69) is 0 Å². The molecule has 0 bridgehead atoms. The molecule has 1 heterocycles. The molecule has 0 N–H and O–H groups in total. The summed E-state index contributed by atoms with van der Waals surface area (Å²) in [5.74, 6) is 0.687. The lowest BCUT2D eigenvalue weighted by molar-refractivity contribution is -0.137. The highest BCUT2D eigenvalue weighted by Crippen LogP contribution is 2.38. The zero-order valence-electron chi connectivity index (χ0n) is 14.7. The fraction of sp³-hybridized carbons (Fsp3) is 0.368. The van der Waals surface area contributed by atoms with Gasteiger partial charge in [0.05, 0.1) is 23.1 Å². The Kier molecular flexibility index (Phi) is 5.48. The number of hydrogen-bond donors (Lipinski definition) is 0. The smallest absolute Gasteiger partial charge is 0.416 e. The van der Waals surface area contributed by atoms with Gasteiger partial charge in [0, 0.05) is 6.54 Å². The molecule has 1 saturated heterocycles. The molecule has 2 aromatic carbocycles. The third-order valence-corrected chi connectivity index (χ3v) is 6.45. The average molecular weight is 399 g/mol. The van der Waals surface area contributed by atoms with E-state index in [1.807, 2.05) is 6.92 Å². The number of benzene rings is 2. The van der Waals surface area contributed by atoms with Crippen molar-refractivity contribution in [3.63, 3.8) is 0 Å². The molecule has 1 aliphatic rings. The first-order valence-electron chi connectivity index (χ1n) is 8.65. The minimum Gasteiger partial charge on any atom is -0.494 e. The van der Waals surface area contributed by atoms with Gasteiger partial charge >= 0.3 is 6.18 Å². The number of nitrogens with zero attached hydrogens (tertiary/aromatic N) is 1. The van der Waals surface area contributed by atoms with Gasteiger partial charge in [-0.1, -0.05) is 18.2 Å². The summed E-state index contributed by atoms with van der Waals surface area (Å²) in [6, 6.07) is 10.6. The van der Waals surface area contributed by atoms with Crippen LogP contribution in [0.4, 0.5) is 13.2 Å². The molecule has 0 saturated carbocycles. The molecule has 1 unspecified atom stereocenters. The maximum absolute atomic E-state index is 13.0. The Bertz CT molecular complexity index is 895. The zero-order chi connectivity index (χ0) is 19.7. The highest BCUT2D eigenvalue weighted by molar-refractivity contribution is 7.89. The first kappa shape index (κ1) is 19.7. The Morgan fingerprint density at radius 2 is 1.85 bits per heavy atom. The van der Waals surface area contributed by atoms with E-state index < -0.39 is 27.8 Å². The highest BCUT2D eigenvalue weighted by Gasteiger charge is 2.38. The fourth-order valence-electron chi connectivity index (χ4n) is 3.28. The highest BCUT2D eigenvalue weighted by atomic mass is 32.2. The summed E-state index contributed by atoms with van der Waals surface area (Å²) in [4.78, 5) is -0.338. The van der Waals surface area contributed by atoms with E-state index in [1.54, 1.807) is 24.3 Å². The van der Waals surface area contributed by atoms with Crippen LogP contribution in [0, 0.1) is 0 Å². The van der Waals surface area contributed by atoms with Gasteiger partial charge in [-0.2, -0.15) is 17.5 Å². The van der Waals surface area contributed by atoms with Crippen LogP contribution < -0.4 is 4.74 Å². The third-order valence-electron chi connectivity index (χ3n) is 4.55. The molecule has 2 aromatic rings. The van der Waals surface area contributed by atoms with Crippen molar-refractivity contribution in [2.75, 3.05) is 13.2 Å². The molecule has 146 valence electrons. The van der Waals surface area contributed by atoms with E-state index in [9.17, 15) is 21.6 Å². The molecule has 27 heavy (non-hydrogen) atoms. The summed E-state index contributed by atoms with van der Waals surface area (Å²) < 4.78 is 71.6. The van der Waals surface area contributed by atoms with Crippen LogP contribution in [0.25, 0.3) is 0 Å². The maximum Gasteiger partial charge on any atom is 0.416 e. The van der Waals surface area contributed by atoms with E-state index in [0.717, 1.165) is 17.7 Å². The van der Waals surface area contributed by atoms with E-state index >= 15 is 0 Å². The van der Waals surface area contributed by atoms with Crippen LogP contribution in [0.2, 0.25) is 0 Å². The van der Waals surface area contributed by atoms with Gasteiger partial charge in [-0.3, -0.25) is 0 Å². The molecule has 0 radical (unpaired) electrons. The summed E-state index contributed by atoms with van der Waals surface area (Å²) in [6.45, 7) is 2.67. The van der Waals surface area contributed by atoms with Crippen molar-refractivity contribution >= 4 is 10.0 Å². The molecule has 0 amide bonds. The van der Waals surface area contributed by atoms with Crippen molar-refractivity contribution in [1.82, 2.24) is 4.31 Å². The molecule has 1 atom stereocenters. The lowest BCUT2D eigenvalue weighted by Gasteiger charge is -2.25. The Hall–Kier alpha value is -2.06. The van der Waals surface area contributed by atoms with Crippen molar-refractivity contribution < 1.29 is 26.3 Å². The summed E-state index contributed by atoms with van der Waals surface area (Å²) >= 11 is 0. The molecule has 1 fully saturated rings. The molecule has 1 aliphatic heterocycles. The summed E-state index contributed by atoms with van der Waals surface area (Å²) in [5, 5.41) is 0. The van der Waals surface area contributed by atoms with Gasteiger partial charge in [0.15, 0.2) is 0 Å². The lowest BCUT2D eigenvalue weighted by Crippen LogP contribution is -2.30. The Balaban J connectivity index is 1.91. The van der Waals surface area contributed by atoms with Gasteiger partial charge in [-0.05, 0) is 55.7 Å². The SMILES string of the molecule is CCOc1ccc(C2CCCN2S(=O)(=O)c2cccc(C(F)(F)F)c2)cc1. The quantitative estimate of drug-likeness (QED) is 0.737. The first-order valence-corrected chi connectivity index (χ1v) is 10.1. The number of alkyl halides is 3. The predicted molar refractivity (Wildman–Crippen MR) is 94.9 cm³/mol. The Morgan fingerprint density at radius 1 is 1.15 bits per heavy atom. The van der Waals surface area contributed by atoms with Gasteiger partial charge in [0.1, 0.15) is 5.75 Å². The number of hydrogen-bond acceptors (Lipinski definition) is 3. The number of halogens is 3. The molecule has 0 aromatic heterocycles. The molecular formula is C19H20F3NO3S. The second kappa shape index (κ2) is 7.52. The Morgan fingerprint density at radius 3 is 2.48 bits per heavy atom. The molecule has 0 aliphatic carbocycles. The normalized spacial score (nSPS) is 18.6. The molecule has 0 spiro atoms. The van der Waals surface area contributed by atoms with Crippen LogP contribution in [0.15, 0.2) is 53.4 Å². The van der Waals surface area contributed by atoms with Crippen molar-refractivity contribution in [3.05, 3.63) is 59.7 Å². The van der Waals surface area contributed by atoms with E-state index in [0.29, 0.717) is 31.3 Å². The van der Waals surface area contributed by atoms with Crippen molar-refractivity contribution in [1.29, 1.82) is 0 Å². The van der Waals surface area contributed by atoms with Gasteiger partial charge < -0.3 is 4.74 Å². The number of rotatable bonds is 5. The molecule has 3 rings (SSSR count). The average Bonchev–Trinajstić information content (AvgIpc) is 3.13. The summed E-state index contributed by atoms with van der Waals surface area (Å²) in [5.41, 5.74) is -0.174. The predicted octanol–water partition coefficient (Wildman–Crippen LogP) is 4.63. The summed E-state index contributed by atoms with van der Waals surface area (Å²) in [7, 11) is -4.04. The van der Waals surface area contributed by atoms with Gasteiger partial charge in [0.25, 0.3) is 0 Å². The topological polar surface area (TPSA) is 46.6 Å². The van der Waals surface area contributed by atoms with Crippen LogP contribution in [-0.2, 0) is 16.2 Å². The van der Waals surface area contributed by atoms with Crippen LogP contribution in [-0.4, -0.2) is 25.9 Å². The second-order valence-electron chi connectivity index (χ2n) is 6.30.